The van der Waals surface area contributed by atoms with E-state index in [2.05, 4.69) is 0 Å². The highest BCUT2D eigenvalue weighted by Gasteiger charge is 2.34. The molecule has 0 unspecified atom stereocenters. The van der Waals surface area contributed by atoms with E-state index in [4.69, 9.17) is 0 Å². The van der Waals surface area contributed by atoms with Gasteiger partial charge in [-0.1, -0.05) is 0 Å². The number of benzene rings is 2. The number of sulfonamides is 1. The summed E-state index contributed by atoms with van der Waals surface area (Å²) in [6.07, 6.45) is -5.05. The molecule has 0 aliphatic rings. The highest BCUT2D eigenvalue weighted by molar-refractivity contribution is 7.92. The second-order valence-electron chi connectivity index (χ2n) is 4.37. The van der Waals surface area contributed by atoms with Crippen LogP contribution in [0.25, 0.3) is 0 Å². The van der Waals surface area contributed by atoms with Crippen molar-refractivity contribution in [2.24, 2.45) is 0 Å². The number of hydrogen-bond acceptors (Lipinski definition) is 2. The number of nitrogens with one attached hydrogen (secondary N) is 1. The number of rotatable bonds is 3. The third-order valence-electron chi connectivity index (χ3n) is 2.71. The summed E-state index contributed by atoms with van der Waals surface area (Å²) in [5.41, 5.74) is -2.35. The molecule has 10 heteroatoms. The van der Waals surface area contributed by atoms with Crippen LogP contribution in [0.3, 0.4) is 0 Å². The van der Waals surface area contributed by atoms with Crippen molar-refractivity contribution in [3.05, 3.63) is 59.4 Å². The molecule has 0 spiro atoms. The molecule has 0 aliphatic carbocycles. The molecule has 124 valence electrons. The first-order chi connectivity index (χ1) is 10.5. The third kappa shape index (κ3) is 3.76. The number of alkyl halides is 3. The van der Waals surface area contributed by atoms with Crippen LogP contribution in [0.1, 0.15) is 5.56 Å². The normalized spacial score (nSPS) is 12.3. The molecule has 0 radical (unpaired) electrons. The summed E-state index contributed by atoms with van der Waals surface area (Å²) in [6, 6.07) is 2.93. The highest BCUT2D eigenvalue weighted by Crippen LogP contribution is 2.33. The van der Waals surface area contributed by atoms with Gasteiger partial charge in [0.25, 0.3) is 10.0 Å². The minimum absolute atomic E-state index is 0.212. The molecule has 0 heterocycles. The minimum Gasteiger partial charge on any atom is -0.280 e. The van der Waals surface area contributed by atoms with E-state index in [0.717, 1.165) is 6.07 Å². The Hall–Kier alpha value is -2.23. The Morgan fingerprint density at radius 1 is 0.870 bits per heavy atom. The van der Waals surface area contributed by atoms with Crippen molar-refractivity contribution in [3.63, 3.8) is 0 Å². The molecule has 0 atom stereocenters. The van der Waals surface area contributed by atoms with Crippen molar-refractivity contribution < 1.29 is 34.8 Å². The van der Waals surface area contributed by atoms with Gasteiger partial charge in [0.15, 0.2) is 0 Å². The second-order valence-corrected chi connectivity index (χ2v) is 6.02. The summed E-state index contributed by atoms with van der Waals surface area (Å²) in [6.45, 7) is 0. The molecule has 0 bridgehead atoms. The van der Waals surface area contributed by atoms with Crippen LogP contribution in [0, 0.1) is 17.5 Å². The standard InChI is InChI=1S/C13H7F6NO2S/c14-7-1-3-11(16)12(5-7)23(21,22)20-8-2-4-10(15)9(6-8)13(17,18)19/h1-6,20H. The van der Waals surface area contributed by atoms with Gasteiger partial charge in [-0.05, 0) is 36.4 Å². The van der Waals surface area contributed by atoms with Crippen LogP contribution >= 0.6 is 0 Å². The van der Waals surface area contributed by atoms with E-state index in [1.165, 1.54) is 0 Å². The fourth-order valence-electron chi connectivity index (χ4n) is 1.70. The van der Waals surface area contributed by atoms with Crippen molar-refractivity contribution in [1.29, 1.82) is 0 Å². The van der Waals surface area contributed by atoms with Gasteiger partial charge in [0.05, 0.1) is 5.56 Å². The van der Waals surface area contributed by atoms with Gasteiger partial charge in [0.2, 0.25) is 0 Å². The average molecular weight is 355 g/mol. The molecule has 23 heavy (non-hydrogen) atoms. The van der Waals surface area contributed by atoms with E-state index in [1.54, 1.807) is 4.72 Å². The largest absolute Gasteiger partial charge is 0.419 e. The van der Waals surface area contributed by atoms with Crippen molar-refractivity contribution in [2.75, 3.05) is 4.72 Å². The monoisotopic (exact) mass is 355 g/mol. The van der Waals surface area contributed by atoms with E-state index in [1.807, 2.05) is 0 Å². The zero-order valence-electron chi connectivity index (χ0n) is 11.0. The summed E-state index contributed by atoms with van der Waals surface area (Å²) in [5.74, 6) is -3.95. The maximum atomic E-state index is 13.5. The van der Waals surface area contributed by atoms with Crippen LogP contribution < -0.4 is 4.72 Å². The summed E-state index contributed by atoms with van der Waals surface area (Å²) in [4.78, 5) is -1.09. The first-order valence-corrected chi connectivity index (χ1v) is 7.33. The molecule has 0 aliphatic heterocycles. The molecular formula is C13H7F6NO2S. The molecule has 3 nitrogen and oxygen atoms in total. The second kappa shape index (κ2) is 5.76. The topological polar surface area (TPSA) is 46.2 Å². The summed E-state index contributed by atoms with van der Waals surface area (Å²) in [7, 11) is -4.70. The minimum atomic E-state index is -5.05. The summed E-state index contributed by atoms with van der Waals surface area (Å²) < 4.78 is 103. The average Bonchev–Trinajstić information content (AvgIpc) is 2.42. The smallest absolute Gasteiger partial charge is 0.280 e. The molecular weight excluding hydrogens is 348 g/mol. The van der Waals surface area contributed by atoms with Gasteiger partial charge < -0.3 is 0 Å². The van der Waals surface area contributed by atoms with E-state index in [0.29, 0.717) is 24.3 Å². The Morgan fingerprint density at radius 2 is 1.48 bits per heavy atom. The maximum absolute atomic E-state index is 13.5. The van der Waals surface area contributed by atoms with Gasteiger partial charge in [0.1, 0.15) is 22.3 Å². The van der Waals surface area contributed by atoms with Crippen molar-refractivity contribution >= 4 is 15.7 Å². The Balaban J connectivity index is 2.44. The lowest BCUT2D eigenvalue weighted by Gasteiger charge is -2.12. The van der Waals surface area contributed by atoms with E-state index < -0.39 is 49.8 Å². The lowest BCUT2D eigenvalue weighted by Crippen LogP contribution is -2.16. The first-order valence-electron chi connectivity index (χ1n) is 5.85. The lowest BCUT2D eigenvalue weighted by atomic mass is 10.2. The fourth-order valence-corrected chi connectivity index (χ4v) is 2.84. The van der Waals surface area contributed by atoms with Crippen LogP contribution in [0.2, 0.25) is 0 Å². The predicted octanol–water partition coefficient (Wildman–Crippen LogP) is 3.92. The quantitative estimate of drug-likeness (QED) is 0.849. The van der Waals surface area contributed by atoms with E-state index in [-0.39, 0.29) is 6.07 Å². The summed E-state index contributed by atoms with van der Waals surface area (Å²) >= 11 is 0. The zero-order valence-corrected chi connectivity index (χ0v) is 11.8. The summed E-state index contributed by atoms with van der Waals surface area (Å²) in [5, 5.41) is 0. The molecule has 2 aromatic rings. The van der Waals surface area contributed by atoms with Crippen LogP contribution in [0.15, 0.2) is 41.3 Å². The predicted molar refractivity (Wildman–Crippen MR) is 68.6 cm³/mol. The van der Waals surface area contributed by atoms with Crippen LogP contribution in [0.5, 0.6) is 0 Å². The van der Waals surface area contributed by atoms with Crippen LogP contribution in [0.4, 0.5) is 32.0 Å². The van der Waals surface area contributed by atoms with Gasteiger partial charge in [-0.2, -0.15) is 13.2 Å². The van der Waals surface area contributed by atoms with Crippen molar-refractivity contribution in [2.45, 2.75) is 11.1 Å². The third-order valence-corrected chi connectivity index (χ3v) is 4.10. The maximum Gasteiger partial charge on any atom is 0.419 e. The Labute approximate surface area is 126 Å². The fraction of sp³-hybridized carbons (Fsp3) is 0.0769. The highest BCUT2D eigenvalue weighted by atomic mass is 32.2. The van der Waals surface area contributed by atoms with Gasteiger partial charge in [-0.15, -0.1) is 0 Å². The number of hydrogen-bond donors (Lipinski definition) is 1. The van der Waals surface area contributed by atoms with Gasteiger partial charge in [0, 0.05) is 5.69 Å². The van der Waals surface area contributed by atoms with Crippen LogP contribution in [-0.4, -0.2) is 8.42 Å². The number of halogens is 6. The SMILES string of the molecule is O=S(=O)(Nc1ccc(F)c(C(F)(F)F)c1)c1cc(F)ccc1F. The molecule has 2 rings (SSSR count). The van der Waals surface area contributed by atoms with Crippen molar-refractivity contribution in [1.82, 2.24) is 0 Å². The van der Waals surface area contributed by atoms with Gasteiger partial charge >= 0.3 is 6.18 Å². The van der Waals surface area contributed by atoms with Gasteiger partial charge in [-0.3, -0.25) is 4.72 Å². The molecule has 0 fully saturated rings. The number of anilines is 1. The Morgan fingerprint density at radius 3 is 2.09 bits per heavy atom. The Kier molecular flexibility index (Phi) is 4.29. The first kappa shape index (κ1) is 17.1. The van der Waals surface area contributed by atoms with Crippen molar-refractivity contribution in [3.8, 4) is 0 Å². The van der Waals surface area contributed by atoms with Gasteiger partial charge in [-0.25, -0.2) is 21.6 Å². The molecule has 1 N–H and O–H groups in total. The molecule has 2 aromatic carbocycles. The lowest BCUT2D eigenvalue weighted by molar-refractivity contribution is -0.139. The Bertz CT molecular complexity index is 848. The molecule has 0 saturated carbocycles. The molecule has 0 saturated heterocycles. The van der Waals surface area contributed by atoms with E-state index in [9.17, 15) is 34.8 Å². The molecule has 0 aromatic heterocycles. The zero-order chi connectivity index (χ0) is 17.4. The molecule has 0 amide bonds. The van der Waals surface area contributed by atoms with E-state index >= 15 is 0 Å². The van der Waals surface area contributed by atoms with Crippen LogP contribution in [-0.2, 0) is 16.2 Å².